The van der Waals surface area contributed by atoms with Crippen molar-refractivity contribution in [3.63, 3.8) is 0 Å². The zero-order valence-electron chi connectivity index (χ0n) is 16.9. The van der Waals surface area contributed by atoms with Gasteiger partial charge in [0.1, 0.15) is 11.2 Å². The number of carbonyl (C=O) groups excluding carboxylic acids is 2. The van der Waals surface area contributed by atoms with Gasteiger partial charge in [0.25, 0.3) is 11.6 Å². The van der Waals surface area contributed by atoms with Gasteiger partial charge in [-0.2, -0.15) is 0 Å². The molecule has 3 aromatic rings. The Hall–Kier alpha value is -3.72. The minimum absolute atomic E-state index is 0.151. The molecule has 32 heavy (non-hydrogen) atoms. The van der Waals surface area contributed by atoms with Gasteiger partial charge in [-0.3, -0.25) is 24.6 Å². The first-order chi connectivity index (χ1) is 15.3. The van der Waals surface area contributed by atoms with Gasteiger partial charge in [0.2, 0.25) is 5.91 Å². The molecule has 2 amide bonds. The number of nitrogens with one attached hydrogen (secondary N) is 1. The molecule has 0 bridgehead atoms. The van der Waals surface area contributed by atoms with E-state index in [-0.39, 0.29) is 28.6 Å². The Morgan fingerprint density at radius 1 is 1.16 bits per heavy atom. The summed E-state index contributed by atoms with van der Waals surface area (Å²) < 4.78 is 14.5. The molecule has 0 radical (unpaired) electrons. The predicted octanol–water partition coefficient (Wildman–Crippen LogP) is 5.07. The van der Waals surface area contributed by atoms with Crippen molar-refractivity contribution in [2.24, 2.45) is 0 Å². The fourth-order valence-electron chi connectivity index (χ4n) is 3.47. The third-order valence-corrected chi connectivity index (χ3v) is 6.19. The average Bonchev–Trinajstić information content (AvgIpc) is 3.17. The molecule has 1 unspecified atom stereocenters. The van der Waals surface area contributed by atoms with Crippen molar-refractivity contribution in [1.82, 2.24) is 0 Å². The smallest absolute Gasteiger partial charge is 0.270 e. The molecule has 0 aliphatic carbocycles. The van der Waals surface area contributed by atoms with Crippen LogP contribution in [-0.4, -0.2) is 22.5 Å². The van der Waals surface area contributed by atoms with Gasteiger partial charge in [-0.05, 0) is 48.4 Å². The maximum Gasteiger partial charge on any atom is 0.270 e. The van der Waals surface area contributed by atoms with E-state index < -0.39 is 22.0 Å². The van der Waals surface area contributed by atoms with Crippen molar-refractivity contribution in [3.05, 3.63) is 99.4 Å². The second-order valence-corrected chi connectivity index (χ2v) is 8.34. The third-order valence-electron chi connectivity index (χ3n) is 4.98. The van der Waals surface area contributed by atoms with Crippen LogP contribution in [0.4, 0.5) is 21.5 Å². The predicted molar refractivity (Wildman–Crippen MR) is 121 cm³/mol. The largest absolute Gasteiger partial charge is 0.322 e. The van der Waals surface area contributed by atoms with Crippen LogP contribution in [0.3, 0.4) is 0 Å². The fourth-order valence-corrected chi connectivity index (χ4v) is 4.63. The van der Waals surface area contributed by atoms with Crippen LogP contribution in [0.2, 0.25) is 0 Å². The quantitative estimate of drug-likeness (QED) is 0.432. The molecule has 1 fully saturated rings. The molecule has 1 saturated heterocycles. The first kappa shape index (κ1) is 21.5. The van der Waals surface area contributed by atoms with E-state index in [9.17, 15) is 24.1 Å². The number of thioether (sulfide) groups is 1. The number of halogens is 1. The zero-order valence-corrected chi connectivity index (χ0v) is 17.8. The Labute approximate surface area is 187 Å². The Balaban J connectivity index is 1.60. The van der Waals surface area contributed by atoms with Crippen LogP contribution >= 0.6 is 11.8 Å². The van der Waals surface area contributed by atoms with Crippen LogP contribution in [0.25, 0.3) is 0 Å². The molecule has 3 aromatic carbocycles. The number of carbonyl (C=O) groups is 2. The van der Waals surface area contributed by atoms with Crippen molar-refractivity contribution < 1.29 is 18.9 Å². The molecule has 0 spiro atoms. The normalized spacial score (nSPS) is 15.6. The number of anilines is 2. The molecule has 9 heteroatoms. The Kier molecular flexibility index (Phi) is 5.91. The number of nitro benzene ring substituents is 1. The maximum absolute atomic E-state index is 14.5. The highest BCUT2D eigenvalue weighted by molar-refractivity contribution is 8.00. The molecule has 7 nitrogen and oxygen atoms in total. The van der Waals surface area contributed by atoms with Gasteiger partial charge in [-0.25, -0.2) is 4.39 Å². The Morgan fingerprint density at radius 3 is 2.72 bits per heavy atom. The highest BCUT2D eigenvalue weighted by Gasteiger charge is 2.35. The minimum Gasteiger partial charge on any atom is -0.322 e. The molecule has 1 N–H and O–H groups in total. The first-order valence-electron chi connectivity index (χ1n) is 9.69. The monoisotopic (exact) mass is 451 g/mol. The lowest BCUT2D eigenvalue weighted by Crippen LogP contribution is -2.28. The molecule has 0 aromatic heterocycles. The van der Waals surface area contributed by atoms with Crippen LogP contribution in [0.1, 0.15) is 26.9 Å². The summed E-state index contributed by atoms with van der Waals surface area (Å²) >= 11 is 1.37. The summed E-state index contributed by atoms with van der Waals surface area (Å²) in [5.41, 5.74) is 2.21. The van der Waals surface area contributed by atoms with E-state index in [1.165, 1.54) is 47.0 Å². The highest BCUT2D eigenvalue weighted by Crippen LogP contribution is 2.43. The molecule has 1 heterocycles. The van der Waals surface area contributed by atoms with Gasteiger partial charge >= 0.3 is 0 Å². The SMILES string of the molecule is Cc1ccc(F)c(N2C(=O)CSC2c2cccc(NC(=O)c3cccc([N+](=O)[O-])c3)c2)c1. The highest BCUT2D eigenvalue weighted by atomic mass is 32.2. The topological polar surface area (TPSA) is 92.6 Å². The summed E-state index contributed by atoms with van der Waals surface area (Å²) in [6, 6.07) is 17.0. The number of nitro groups is 1. The number of benzene rings is 3. The maximum atomic E-state index is 14.5. The van der Waals surface area contributed by atoms with Crippen LogP contribution in [0, 0.1) is 22.9 Å². The van der Waals surface area contributed by atoms with E-state index in [1.807, 2.05) is 6.92 Å². The number of amides is 2. The summed E-state index contributed by atoms with van der Waals surface area (Å²) in [5.74, 6) is -0.966. The van der Waals surface area contributed by atoms with Gasteiger partial charge in [0.15, 0.2) is 0 Å². The van der Waals surface area contributed by atoms with Crippen molar-refractivity contribution in [3.8, 4) is 0 Å². The van der Waals surface area contributed by atoms with Crippen molar-refractivity contribution in [2.45, 2.75) is 12.3 Å². The number of rotatable bonds is 5. The van der Waals surface area contributed by atoms with Crippen molar-refractivity contribution in [1.29, 1.82) is 0 Å². The van der Waals surface area contributed by atoms with Crippen LogP contribution in [0.15, 0.2) is 66.7 Å². The van der Waals surface area contributed by atoms with Gasteiger partial charge in [-0.1, -0.05) is 24.3 Å². The zero-order chi connectivity index (χ0) is 22.8. The molecule has 0 saturated carbocycles. The van der Waals surface area contributed by atoms with E-state index in [1.54, 1.807) is 36.4 Å². The Morgan fingerprint density at radius 2 is 1.94 bits per heavy atom. The van der Waals surface area contributed by atoms with E-state index in [2.05, 4.69) is 5.32 Å². The van der Waals surface area contributed by atoms with E-state index in [0.717, 1.165) is 11.1 Å². The molecule has 1 atom stereocenters. The molecule has 162 valence electrons. The van der Waals surface area contributed by atoms with Gasteiger partial charge in [0.05, 0.1) is 16.4 Å². The number of hydrogen-bond acceptors (Lipinski definition) is 5. The molecule has 4 rings (SSSR count). The van der Waals surface area contributed by atoms with Crippen LogP contribution < -0.4 is 10.2 Å². The summed E-state index contributed by atoms with van der Waals surface area (Å²) in [7, 11) is 0. The second kappa shape index (κ2) is 8.80. The molecular formula is C23H18FN3O4S. The van der Waals surface area contributed by atoms with Gasteiger partial charge in [-0.15, -0.1) is 11.8 Å². The van der Waals surface area contributed by atoms with Gasteiger partial charge < -0.3 is 5.32 Å². The van der Waals surface area contributed by atoms with Crippen molar-refractivity contribution >= 4 is 40.6 Å². The van der Waals surface area contributed by atoms with E-state index in [0.29, 0.717) is 5.69 Å². The number of non-ortho nitro benzene ring substituents is 1. The molecule has 1 aliphatic rings. The minimum atomic E-state index is -0.565. The Bertz CT molecular complexity index is 1230. The molecule has 1 aliphatic heterocycles. The second-order valence-electron chi connectivity index (χ2n) is 7.27. The van der Waals surface area contributed by atoms with E-state index in [4.69, 9.17) is 0 Å². The summed E-state index contributed by atoms with van der Waals surface area (Å²) in [4.78, 5) is 37.0. The summed E-state index contributed by atoms with van der Waals surface area (Å²) in [6.07, 6.45) is 0. The number of aryl methyl sites for hydroxylation is 1. The van der Waals surface area contributed by atoms with E-state index >= 15 is 0 Å². The van der Waals surface area contributed by atoms with Crippen LogP contribution in [-0.2, 0) is 4.79 Å². The lowest BCUT2D eigenvalue weighted by molar-refractivity contribution is -0.384. The standard InChI is InChI=1S/C23H18FN3O4S/c1-14-8-9-19(24)20(10-14)26-21(28)13-32-23(26)16-5-2-6-17(11-16)25-22(29)15-4-3-7-18(12-15)27(30)31/h2-12,23H,13H2,1H3,(H,25,29). The number of nitrogens with zero attached hydrogens (tertiary/aromatic N) is 2. The first-order valence-corrected chi connectivity index (χ1v) is 10.7. The van der Waals surface area contributed by atoms with Crippen LogP contribution in [0.5, 0.6) is 0 Å². The summed E-state index contributed by atoms with van der Waals surface area (Å²) in [6.45, 7) is 1.83. The summed E-state index contributed by atoms with van der Waals surface area (Å²) in [5, 5.41) is 13.2. The number of hydrogen-bond donors (Lipinski definition) is 1. The van der Waals surface area contributed by atoms with Crippen molar-refractivity contribution in [2.75, 3.05) is 16.0 Å². The lowest BCUT2D eigenvalue weighted by atomic mass is 10.1. The molecular weight excluding hydrogens is 433 g/mol. The van der Waals surface area contributed by atoms with Gasteiger partial charge in [0, 0.05) is 23.4 Å². The lowest BCUT2D eigenvalue weighted by Gasteiger charge is -2.25. The average molecular weight is 451 g/mol. The third kappa shape index (κ3) is 4.33. The fraction of sp³-hybridized carbons (Fsp3) is 0.130.